The van der Waals surface area contributed by atoms with Crippen molar-refractivity contribution in [2.75, 3.05) is 13.7 Å². The van der Waals surface area contributed by atoms with Crippen molar-refractivity contribution >= 4 is 23.5 Å². The summed E-state index contributed by atoms with van der Waals surface area (Å²) < 4.78 is 10.6. The number of carbonyl (C=O) groups is 4. The number of hydrogen-bond donors (Lipinski definition) is 4. The summed E-state index contributed by atoms with van der Waals surface area (Å²) in [5.74, 6) is -0.972. The summed E-state index contributed by atoms with van der Waals surface area (Å²) in [6.45, 7) is 3.63. The maximum Gasteiger partial charge on any atom is 0.243 e. The molecule has 0 spiro atoms. The monoisotopic (exact) mass is 569 g/mol. The molecule has 1 saturated heterocycles. The fourth-order valence-electron chi connectivity index (χ4n) is 5.52. The van der Waals surface area contributed by atoms with E-state index in [0.29, 0.717) is 44.5 Å². The highest BCUT2D eigenvalue weighted by Gasteiger charge is 2.50. The molecule has 10 heteroatoms. The number of rotatable bonds is 13. The summed E-state index contributed by atoms with van der Waals surface area (Å²) in [6, 6.07) is 4.56. The quantitative estimate of drug-likeness (QED) is 0.210. The number of hydrogen-bond acceptors (Lipinski definition) is 7. The maximum absolute atomic E-state index is 13.7. The lowest BCUT2D eigenvalue weighted by Crippen LogP contribution is -2.57. The molecule has 4 rings (SSSR count). The minimum absolute atomic E-state index is 0.175. The number of nitrogens with one attached hydrogen (secondary N) is 3. The molecule has 1 heterocycles. The first-order valence-corrected chi connectivity index (χ1v) is 14.7. The van der Waals surface area contributed by atoms with Crippen molar-refractivity contribution in [1.82, 2.24) is 16.0 Å². The number of ketones is 1. The van der Waals surface area contributed by atoms with Crippen LogP contribution < -0.4 is 20.7 Å². The van der Waals surface area contributed by atoms with Crippen molar-refractivity contribution in [2.45, 2.75) is 101 Å². The number of ether oxygens (including phenoxy) is 2. The minimum atomic E-state index is -0.985. The van der Waals surface area contributed by atoms with Crippen molar-refractivity contribution in [3.05, 3.63) is 41.5 Å². The Morgan fingerprint density at radius 3 is 2.24 bits per heavy atom. The summed E-state index contributed by atoms with van der Waals surface area (Å²) in [5, 5.41) is 18.2. The number of aliphatic hydroxyl groups is 1. The van der Waals surface area contributed by atoms with Crippen LogP contribution in [-0.4, -0.2) is 72.2 Å². The van der Waals surface area contributed by atoms with Gasteiger partial charge in [0.2, 0.25) is 17.7 Å². The fourth-order valence-corrected chi connectivity index (χ4v) is 5.52. The van der Waals surface area contributed by atoms with E-state index in [0.717, 1.165) is 30.4 Å². The Labute approximate surface area is 241 Å². The molecule has 0 aromatic heterocycles. The first-order valence-electron chi connectivity index (χ1n) is 14.7. The van der Waals surface area contributed by atoms with Gasteiger partial charge in [-0.3, -0.25) is 19.2 Å². The summed E-state index contributed by atoms with van der Waals surface area (Å²) in [6.07, 6.45) is 7.46. The van der Waals surface area contributed by atoms with E-state index in [2.05, 4.69) is 22.0 Å². The van der Waals surface area contributed by atoms with Gasteiger partial charge < -0.3 is 30.5 Å². The van der Waals surface area contributed by atoms with E-state index >= 15 is 0 Å². The van der Waals surface area contributed by atoms with Crippen molar-refractivity contribution in [3.8, 4) is 5.75 Å². The van der Waals surface area contributed by atoms with E-state index in [-0.39, 0.29) is 30.1 Å². The first-order chi connectivity index (χ1) is 19.6. The van der Waals surface area contributed by atoms with Gasteiger partial charge in [-0.05, 0) is 82.9 Å². The van der Waals surface area contributed by atoms with Gasteiger partial charge in [0.15, 0.2) is 5.78 Å². The Bertz CT molecular complexity index is 1140. The third-order valence-electron chi connectivity index (χ3n) is 8.38. The number of Topliss-reactive ketones (excluding diaryl/α,β-unsaturated/α-hetero) is 1. The lowest BCUT2D eigenvalue weighted by Gasteiger charge is -2.27. The van der Waals surface area contributed by atoms with Gasteiger partial charge in [0.1, 0.15) is 23.4 Å². The van der Waals surface area contributed by atoms with Gasteiger partial charge in [0.05, 0.1) is 25.9 Å². The zero-order valence-electron chi connectivity index (χ0n) is 24.2. The number of epoxide rings is 1. The van der Waals surface area contributed by atoms with E-state index in [1.807, 2.05) is 12.1 Å². The van der Waals surface area contributed by atoms with E-state index < -0.39 is 35.5 Å². The first kappa shape index (κ1) is 30.7. The van der Waals surface area contributed by atoms with Crippen LogP contribution in [-0.2, 0) is 30.3 Å². The van der Waals surface area contributed by atoms with Gasteiger partial charge in [-0.25, -0.2) is 0 Å². The highest BCUT2D eigenvalue weighted by Crippen LogP contribution is 2.31. The van der Waals surface area contributed by atoms with Gasteiger partial charge in [-0.1, -0.05) is 23.8 Å². The Balaban J connectivity index is 1.46. The standard InChI is InChI=1S/C31H43N3O7/c1-19(32-29(38)22-10-12-23(35)13-11-22)28(37)34-26(17-21-8-14-24(40-3)15-9-21)30(39)33-25(16-20-6-4-5-7-20)27(36)31(2)18-41-31/h6,8-9,14-15,19,22-23,25-26,35H,4-5,7,10-13,16-18H2,1-3H3,(H,32,38)(H,33,39)(H,34,37). The second kappa shape index (κ2) is 13.6. The van der Waals surface area contributed by atoms with Crippen molar-refractivity contribution in [1.29, 1.82) is 0 Å². The lowest BCUT2D eigenvalue weighted by atomic mass is 9.87. The Morgan fingerprint density at radius 1 is 1.00 bits per heavy atom. The van der Waals surface area contributed by atoms with E-state index in [1.54, 1.807) is 33.1 Å². The van der Waals surface area contributed by atoms with Crippen LogP contribution in [0.15, 0.2) is 35.9 Å². The van der Waals surface area contributed by atoms with Gasteiger partial charge in [-0.15, -0.1) is 0 Å². The summed E-state index contributed by atoms with van der Waals surface area (Å²) in [5.41, 5.74) is 1.03. The topological polar surface area (TPSA) is 146 Å². The van der Waals surface area contributed by atoms with Gasteiger partial charge in [0.25, 0.3) is 0 Å². The van der Waals surface area contributed by atoms with Gasteiger partial charge >= 0.3 is 0 Å². The molecule has 4 N–H and O–H groups in total. The third-order valence-corrected chi connectivity index (χ3v) is 8.38. The highest BCUT2D eigenvalue weighted by atomic mass is 16.6. The molecule has 3 amide bonds. The smallest absolute Gasteiger partial charge is 0.243 e. The minimum Gasteiger partial charge on any atom is -0.497 e. The zero-order chi connectivity index (χ0) is 29.6. The lowest BCUT2D eigenvalue weighted by molar-refractivity contribution is -0.134. The van der Waals surface area contributed by atoms with Crippen molar-refractivity contribution < 1.29 is 33.8 Å². The molecular formula is C31H43N3O7. The number of amides is 3. The molecular weight excluding hydrogens is 526 g/mol. The molecule has 2 fully saturated rings. The van der Waals surface area contributed by atoms with E-state index in [1.165, 1.54) is 0 Å². The molecule has 1 saturated carbocycles. The number of allylic oxidation sites excluding steroid dienone is 1. The normalized spacial score (nSPS) is 25.7. The average Bonchev–Trinajstić information content (AvgIpc) is 3.50. The van der Waals surface area contributed by atoms with E-state index in [4.69, 9.17) is 9.47 Å². The van der Waals surface area contributed by atoms with Crippen LogP contribution >= 0.6 is 0 Å². The largest absolute Gasteiger partial charge is 0.497 e. The number of benzene rings is 1. The van der Waals surface area contributed by atoms with Crippen molar-refractivity contribution in [3.63, 3.8) is 0 Å². The second-order valence-corrected chi connectivity index (χ2v) is 11.8. The Hall–Kier alpha value is -3.24. The summed E-state index contributed by atoms with van der Waals surface area (Å²) >= 11 is 0. The molecule has 1 aliphatic heterocycles. The molecule has 4 atom stereocenters. The van der Waals surface area contributed by atoms with Gasteiger partial charge in [-0.2, -0.15) is 0 Å². The fraction of sp³-hybridized carbons (Fsp3) is 0.613. The van der Waals surface area contributed by atoms with Crippen LogP contribution in [0.1, 0.15) is 70.8 Å². The summed E-state index contributed by atoms with van der Waals surface area (Å²) in [7, 11) is 1.57. The molecule has 224 valence electrons. The SMILES string of the molecule is COc1ccc(CC(NC(=O)C(C)NC(=O)C2CCC(O)CC2)C(=O)NC(CC2=CCCC2)C(=O)C2(C)CO2)cc1. The van der Waals surface area contributed by atoms with Crippen LogP contribution in [0, 0.1) is 5.92 Å². The van der Waals surface area contributed by atoms with E-state index in [9.17, 15) is 24.3 Å². The van der Waals surface area contributed by atoms with Crippen LogP contribution in [0.4, 0.5) is 0 Å². The van der Waals surface area contributed by atoms with Crippen LogP contribution in [0.5, 0.6) is 5.75 Å². The van der Waals surface area contributed by atoms with Crippen molar-refractivity contribution in [2.24, 2.45) is 5.92 Å². The van der Waals surface area contributed by atoms with Crippen LogP contribution in [0.2, 0.25) is 0 Å². The Kier molecular flexibility index (Phi) is 10.2. The maximum atomic E-state index is 13.7. The number of methoxy groups -OCH3 is 1. The predicted molar refractivity (Wildman–Crippen MR) is 152 cm³/mol. The van der Waals surface area contributed by atoms with Gasteiger partial charge in [0, 0.05) is 12.3 Å². The molecule has 41 heavy (non-hydrogen) atoms. The van der Waals surface area contributed by atoms with Crippen LogP contribution in [0.3, 0.4) is 0 Å². The molecule has 2 aliphatic carbocycles. The third kappa shape index (κ3) is 8.39. The number of aliphatic hydroxyl groups excluding tert-OH is 1. The second-order valence-electron chi connectivity index (χ2n) is 11.8. The zero-order valence-corrected chi connectivity index (χ0v) is 24.2. The van der Waals surface area contributed by atoms with Crippen LogP contribution in [0.25, 0.3) is 0 Å². The molecule has 0 radical (unpaired) electrons. The molecule has 1 aromatic carbocycles. The average molecular weight is 570 g/mol. The number of carbonyl (C=O) groups excluding carboxylic acids is 4. The molecule has 10 nitrogen and oxygen atoms in total. The predicted octanol–water partition coefficient (Wildman–Crippen LogP) is 2.12. The highest BCUT2D eigenvalue weighted by molar-refractivity contribution is 5.98. The molecule has 4 unspecified atom stereocenters. The Morgan fingerprint density at radius 2 is 1.66 bits per heavy atom. The summed E-state index contributed by atoms with van der Waals surface area (Å²) in [4.78, 5) is 53.0. The molecule has 3 aliphatic rings. The molecule has 1 aromatic rings. The molecule has 0 bridgehead atoms.